The van der Waals surface area contributed by atoms with Crippen molar-refractivity contribution in [1.29, 1.82) is 0 Å². The fraction of sp³-hybridized carbons (Fsp3) is 1.00. The highest BCUT2D eigenvalue weighted by Gasteiger charge is 2.17. The van der Waals surface area contributed by atoms with Gasteiger partial charge in [-0.15, -0.1) is 0 Å². The van der Waals surface area contributed by atoms with Crippen LogP contribution >= 0.6 is 0 Å². The lowest BCUT2D eigenvalue weighted by atomic mass is 10.2. The van der Waals surface area contributed by atoms with Crippen molar-refractivity contribution in [2.45, 2.75) is 53.5 Å². The Morgan fingerprint density at radius 2 is 1.53 bits per heavy atom. The topological polar surface area (TPSA) is 6.48 Å². The van der Waals surface area contributed by atoms with Crippen molar-refractivity contribution in [3.63, 3.8) is 0 Å². The van der Waals surface area contributed by atoms with E-state index in [2.05, 4.69) is 30.8 Å². The minimum absolute atomic E-state index is 0.780. The van der Waals surface area contributed by atoms with Gasteiger partial charge in [0.2, 0.25) is 0 Å². The summed E-state index contributed by atoms with van der Waals surface area (Å²) >= 11 is 0. The van der Waals surface area contributed by atoms with E-state index in [1.54, 1.807) is 0 Å². The quantitative estimate of drug-likeness (QED) is 0.664. The van der Waals surface area contributed by atoms with E-state index in [1.807, 2.05) is 27.7 Å². The first-order valence-corrected chi connectivity index (χ1v) is 6.62. The Bertz CT molecular complexity index is 115. The van der Waals surface area contributed by atoms with Crippen molar-refractivity contribution in [3.8, 4) is 0 Å². The molecule has 1 fully saturated rings. The number of hydrogen-bond donors (Lipinski definition) is 0. The first-order valence-electron chi connectivity index (χ1n) is 6.62. The molecule has 0 bridgehead atoms. The SMILES string of the molecule is CC.CC.CCC1CN(C)CCCN1C. The van der Waals surface area contributed by atoms with Gasteiger partial charge in [-0.05, 0) is 40.0 Å². The second kappa shape index (κ2) is 12.0. The van der Waals surface area contributed by atoms with Crippen molar-refractivity contribution >= 4 is 0 Å². The lowest BCUT2D eigenvalue weighted by molar-refractivity contribution is 0.220. The molecule has 0 aromatic heterocycles. The van der Waals surface area contributed by atoms with Crippen molar-refractivity contribution in [3.05, 3.63) is 0 Å². The highest BCUT2D eigenvalue weighted by atomic mass is 15.2. The molecule has 94 valence electrons. The summed E-state index contributed by atoms with van der Waals surface area (Å²) < 4.78 is 0. The van der Waals surface area contributed by atoms with Gasteiger partial charge < -0.3 is 9.80 Å². The van der Waals surface area contributed by atoms with Crippen LogP contribution in [0.2, 0.25) is 0 Å². The van der Waals surface area contributed by atoms with Gasteiger partial charge in [-0.25, -0.2) is 0 Å². The molecule has 1 aliphatic heterocycles. The first kappa shape index (κ1) is 17.3. The van der Waals surface area contributed by atoms with Crippen molar-refractivity contribution in [1.82, 2.24) is 9.80 Å². The monoisotopic (exact) mass is 216 g/mol. The maximum atomic E-state index is 2.49. The van der Waals surface area contributed by atoms with Gasteiger partial charge in [-0.1, -0.05) is 34.6 Å². The van der Waals surface area contributed by atoms with Crippen LogP contribution in [0.5, 0.6) is 0 Å². The molecule has 1 aliphatic rings. The molecule has 1 rings (SSSR count). The number of rotatable bonds is 1. The normalized spacial score (nSPS) is 23.0. The average molecular weight is 216 g/mol. The maximum Gasteiger partial charge on any atom is 0.0217 e. The van der Waals surface area contributed by atoms with Crippen LogP contribution in [-0.2, 0) is 0 Å². The summed E-state index contributed by atoms with van der Waals surface area (Å²) in [6.07, 6.45) is 2.60. The summed E-state index contributed by atoms with van der Waals surface area (Å²) in [6.45, 7) is 14.1. The zero-order chi connectivity index (χ0) is 12.3. The number of nitrogens with zero attached hydrogens (tertiary/aromatic N) is 2. The van der Waals surface area contributed by atoms with Crippen molar-refractivity contribution in [2.24, 2.45) is 0 Å². The second-order valence-corrected chi connectivity index (χ2v) is 3.66. The molecule has 1 unspecified atom stereocenters. The Kier molecular flexibility index (Phi) is 13.8. The highest BCUT2D eigenvalue weighted by Crippen LogP contribution is 2.08. The lowest BCUT2D eigenvalue weighted by Crippen LogP contribution is -2.36. The van der Waals surface area contributed by atoms with E-state index in [1.165, 1.54) is 32.5 Å². The van der Waals surface area contributed by atoms with E-state index in [9.17, 15) is 0 Å². The van der Waals surface area contributed by atoms with Gasteiger partial charge in [0.05, 0.1) is 0 Å². The van der Waals surface area contributed by atoms with Crippen LogP contribution in [0, 0.1) is 0 Å². The standard InChI is InChI=1S/C9H20N2.2C2H6/c1-4-9-8-10(2)6-5-7-11(9)3;2*1-2/h9H,4-8H2,1-3H3;2*1-2H3. The summed E-state index contributed by atoms with van der Waals surface area (Å²) in [4.78, 5) is 4.93. The van der Waals surface area contributed by atoms with Crippen molar-refractivity contribution < 1.29 is 0 Å². The minimum atomic E-state index is 0.780. The van der Waals surface area contributed by atoms with E-state index in [-0.39, 0.29) is 0 Å². The molecule has 0 spiro atoms. The summed E-state index contributed by atoms with van der Waals surface area (Å²) in [5.41, 5.74) is 0. The van der Waals surface area contributed by atoms with Crippen LogP contribution in [0.15, 0.2) is 0 Å². The third-order valence-electron chi connectivity index (χ3n) is 2.67. The molecule has 15 heavy (non-hydrogen) atoms. The number of hydrogen-bond acceptors (Lipinski definition) is 2. The fourth-order valence-corrected chi connectivity index (χ4v) is 1.80. The molecule has 2 nitrogen and oxygen atoms in total. The van der Waals surface area contributed by atoms with Gasteiger partial charge in [0.25, 0.3) is 0 Å². The van der Waals surface area contributed by atoms with Gasteiger partial charge in [-0.3, -0.25) is 0 Å². The van der Waals surface area contributed by atoms with Crippen molar-refractivity contribution in [2.75, 3.05) is 33.7 Å². The van der Waals surface area contributed by atoms with Crippen LogP contribution in [-0.4, -0.2) is 49.6 Å². The molecule has 1 atom stereocenters. The molecule has 0 saturated carbocycles. The Morgan fingerprint density at radius 1 is 1.00 bits per heavy atom. The zero-order valence-electron chi connectivity index (χ0n) is 12.0. The van der Waals surface area contributed by atoms with Gasteiger partial charge in [-0.2, -0.15) is 0 Å². The summed E-state index contributed by atoms with van der Waals surface area (Å²) in [5, 5.41) is 0. The van der Waals surface area contributed by atoms with Crippen LogP contribution in [0.1, 0.15) is 47.5 Å². The molecule has 0 amide bonds. The van der Waals surface area contributed by atoms with Gasteiger partial charge >= 0.3 is 0 Å². The van der Waals surface area contributed by atoms with Gasteiger partial charge in [0.15, 0.2) is 0 Å². The average Bonchev–Trinajstić information content (AvgIpc) is 2.46. The zero-order valence-corrected chi connectivity index (χ0v) is 12.0. The Morgan fingerprint density at radius 3 is 2.00 bits per heavy atom. The van der Waals surface area contributed by atoms with Gasteiger partial charge in [0.1, 0.15) is 0 Å². The number of likely N-dealkylation sites (N-methyl/N-ethyl adjacent to an activating group) is 2. The molecule has 1 heterocycles. The molecule has 0 radical (unpaired) electrons. The highest BCUT2D eigenvalue weighted by molar-refractivity contribution is 4.74. The minimum Gasteiger partial charge on any atom is -0.305 e. The van der Waals surface area contributed by atoms with Crippen LogP contribution in [0.25, 0.3) is 0 Å². The third kappa shape index (κ3) is 7.80. The van der Waals surface area contributed by atoms with E-state index < -0.39 is 0 Å². The predicted molar refractivity (Wildman–Crippen MR) is 71.5 cm³/mol. The van der Waals surface area contributed by atoms with E-state index in [0.29, 0.717) is 0 Å². The summed E-state index contributed by atoms with van der Waals surface area (Å²) in [7, 11) is 4.47. The van der Waals surface area contributed by atoms with E-state index in [0.717, 1.165) is 6.04 Å². The van der Waals surface area contributed by atoms with E-state index >= 15 is 0 Å². The smallest absolute Gasteiger partial charge is 0.0217 e. The Balaban J connectivity index is 0. The molecule has 2 heteroatoms. The molecule has 0 aliphatic carbocycles. The molecule has 1 saturated heterocycles. The van der Waals surface area contributed by atoms with Crippen LogP contribution < -0.4 is 0 Å². The first-order chi connectivity index (χ1) is 7.24. The van der Waals surface area contributed by atoms with E-state index in [4.69, 9.17) is 0 Å². The van der Waals surface area contributed by atoms with Crippen LogP contribution in [0.4, 0.5) is 0 Å². The van der Waals surface area contributed by atoms with Gasteiger partial charge in [0, 0.05) is 12.6 Å². The van der Waals surface area contributed by atoms with Crippen LogP contribution in [0.3, 0.4) is 0 Å². The third-order valence-corrected chi connectivity index (χ3v) is 2.67. The fourth-order valence-electron chi connectivity index (χ4n) is 1.80. The molecule has 0 N–H and O–H groups in total. The molecular formula is C13H32N2. The summed E-state index contributed by atoms with van der Waals surface area (Å²) in [5.74, 6) is 0. The Hall–Kier alpha value is -0.0800. The predicted octanol–water partition coefficient (Wildman–Crippen LogP) is 3.08. The molecule has 0 aromatic rings. The molecular weight excluding hydrogens is 184 g/mol. The molecule has 0 aromatic carbocycles. The lowest BCUT2D eigenvalue weighted by Gasteiger charge is -2.25. The largest absolute Gasteiger partial charge is 0.305 e. The Labute approximate surface area is 97.6 Å². The second-order valence-electron chi connectivity index (χ2n) is 3.66. The summed E-state index contributed by atoms with van der Waals surface area (Å²) in [6, 6.07) is 0.780. The maximum absolute atomic E-state index is 2.49.